The maximum absolute atomic E-state index is 13.5. The molecule has 1 saturated heterocycles. The van der Waals surface area contributed by atoms with Gasteiger partial charge in [0.25, 0.3) is 0 Å². The number of sulfonamides is 1. The van der Waals surface area contributed by atoms with E-state index in [1.54, 1.807) is 16.4 Å². The summed E-state index contributed by atoms with van der Waals surface area (Å²) in [5.74, 6) is 0. The third-order valence-electron chi connectivity index (χ3n) is 5.46. The van der Waals surface area contributed by atoms with Crippen LogP contribution in [0.25, 0.3) is 0 Å². The first-order chi connectivity index (χ1) is 13.9. The van der Waals surface area contributed by atoms with Crippen molar-refractivity contribution in [1.82, 2.24) is 9.21 Å². The van der Waals surface area contributed by atoms with Crippen LogP contribution in [0.1, 0.15) is 28.3 Å². The van der Waals surface area contributed by atoms with Gasteiger partial charge in [-0.05, 0) is 37.1 Å². The second-order valence-electron chi connectivity index (χ2n) is 7.77. The van der Waals surface area contributed by atoms with E-state index in [-0.39, 0.29) is 6.04 Å². The highest BCUT2D eigenvalue weighted by molar-refractivity contribution is 7.89. The standard InChI is InChI=1S/C24H26N2O2S/c1-19-8-12-22(13-9-19)24-17-25(16-21-6-4-3-5-7-21)18-26(24)29(27,28)23-14-10-20(2)11-15-23/h3-15,24H,16-18H2,1-2H3. The lowest BCUT2D eigenvalue weighted by Gasteiger charge is -2.23. The van der Waals surface area contributed by atoms with E-state index in [1.807, 2.05) is 68.4 Å². The minimum Gasteiger partial charge on any atom is -0.283 e. The van der Waals surface area contributed by atoms with Crippen LogP contribution >= 0.6 is 0 Å². The number of hydrogen-bond donors (Lipinski definition) is 0. The van der Waals surface area contributed by atoms with Gasteiger partial charge in [0.2, 0.25) is 10.0 Å². The molecule has 1 atom stereocenters. The number of rotatable bonds is 5. The normalized spacial score (nSPS) is 18.2. The van der Waals surface area contributed by atoms with Gasteiger partial charge in [0.15, 0.2) is 0 Å². The average Bonchev–Trinajstić information content (AvgIpc) is 3.14. The number of hydrogen-bond acceptors (Lipinski definition) is 3. The summed E-state index contributed by atoms with van der Waals surface area (Å²) in [4.78, 5) is 2.55. The van der Waals surface area contributed by atoms with Crippen LogP contribution in [0.5, 0.6) is 0 Å². The maximum Gasteiger partial charge on any atom is 0.244 e. The predicted octanol–water partition coefficient (Wildman–Crippen LogP) is 4.51. The monoisotopic (exact) mass is 406 g/mol. The molecule has 3 aromatic carbocycles. The summed E-state index contributed by atoms with van der Waals surface area (Å²) in [6, 6.07) is 25.3. The number of aryl methyl sites for hydroxylation is 2. The van der Waals surface area contributed by atoms with Gasteiger partial charge in [-0.15, -0.1) is 0 Å². The van der Waals surface area contributed by atoms with Crippen molar-refractivity contribution in [1.29, 1.82) is 0 Å². The van der Waals surface area contributed by atoms with Crippen molar-refractivity contribution in [3.05, 3.63) is 101 Å². The summed E-state index contributed by atoms with van der Waals surface area (Å²) in [6.45, 7) is 5.78. The van der Waals surface area contributed by atoms with E-state index in [0.717, 1.165) is 17.7 Å². The molecule has 0 saturated carbocycles. The van der Waals surface area contributed by atoms with E-state index < -0.39 is 10.0 Å². The molecule has 4 rings (SSSR count). The molecule has 0 radical (unpaired) electrons. The first kappa shape index (κ1) is 19.8. The summed E-state index contributed by atoms with van der Waals surface area (Å²) in [7, 11) is -3.60. The molecule has 0 spiro atoms. The van der Waals surface area contributed by atoms with Crippen LogP contribution in [-0.4, -0.2) is 30.8 Å². The number of nitrogens with zero attached hydrogens (tertiary/aromatic N) is 2. The highest BCUT2D eigenvalue weighted by Gasteiger charge is 2.39. The molecule has 1 aliphatic rings. The van der Waals surface area contributed by atoms with E-state index >= 15 is 0 Å². The summed E-state index contributed by atoms with van der Waals surface area (Å²) < 4.78 is 28.6. The van der Waals surface area contributed by atoms with Crippen LogP contribution in [0, 0.1) is 13.8 Å². The Kier molecular flexibility index (Phi) is 5.54. The van der Waals surface area contributed by atoms with E-state index in [4.69, 9.17) is 0 Å². The van der Waals surface area contributed by atoms with Gasteiger partial charge in [0.1, 0.15) is 0 Å². The Labute approximate surface area is 173 Å². The molecule has 0 amide bonds. The van der Waals surface area contributed by atoms with E-state index in [2.05, 4.69) is 17.0 Å². The van der Waals surface area contributed by atoms with Crippen LogP contribution in [0.2, 0.25) is 0 Å². The summed E-state index contributed by atoms with van der Waals surface area (Å²) in [5, 5.41) is 0. The Morgan fingerprint density at radius 2 is 1.41 bits per heavy atom. The van der Waals surface area contributed by atoms with Gasteiger partial charge in [-0.2, -0.15) is 4.31 Å². The van der Waals surface area contributed by atoms with Gasteiger partial charge in [0.05, 0.1) is 17.6 Å². The second-order valence-corrected chi connectivity index (χ2v) is 9.66. The molecule has 1 heterocycles. The molecule has 0 aromatic heterocycles. The molecule has 0 bridgehead atoms. The Hall–Kier alpha value is -2.47. The molecule has 29 heavy (non-hydrogen) atoms. The fraction of sp³-hybridized carbons (Fsp3) is 0.250. The Morgan fingerprint density at radius 3 is 2.03 bits per heavy atom. The molecule has 3 aromatic rings. The zero-order chi connectivity index (χ0) is 20.4. The zero-order valence-corrected chi connectivity index (χ0v) is 17.6. The molecule has 4 nitrogen and oxygen atoms in total. The molecule has 0 N–H and O–H groups in total. The van der Waals surface area contributed by atoms with E-state index in [1.165, 1.54) is 11.1 Å². The highest BCUT2D eigenvalue weighted by Crippen LogP contribution is 2.34. The van der Waals surface area contributed by atoms with Crippen LogP contribution in [-0.2, 0) is 16.6 Å². The van der Waals surface area contributed by atoms with E-state index in [9.17, 15) is 8.42 Å². The smallest absolute Gasteiger partial charge is 0.244 e. The zero-order valence-electron chi connectivity index (χ0n) is 16.8. The quantitative estimate of drug-likeness (QED) is 0.626. The first-order valence-electron chi connectivity index (χ1n) is 9.85. The van der Waals surface area contributed by atoms with Gasteiger partial charge in [0, 0.05) is 13.1 Å². The van der Waals surface area contributed by atoms with Crippen molar-refractivity contribution in [2.45, 2.75) is 31.3 Å². The predicted molar refractivity (Wildman–Crippen MR) is 116 cm³/mol. The molecule has 1 unspecified atom stereocenters. The SMILES string of the molecule is Cc1ccc(C2CN(Cc3ccccc3)CN2S(=O)(=O)c2ccc(C)cc2)cc1. The lowest BCUT2D eigenvalue weighted by molar-refractivity contribution is 0.295. The molecule has 1 aliphatic heterocycles. The van der Waals surface area contributed by atoms with Crippen molar-refractivity contribution >= 4 is 10.0 Å². The highest BCUT2D eigenvalue weighted by atomic mass is 32.2. The summed E-state index contributed by atoms with van der Waals surface area (Å²) in [6.07, 6.45) is 0. The van der Waals surface area contributed by atoms with Crippen LogP contribution in [0.15, 0.2) is 83.8 Å². The maximum atomic E-state index is 13.5. The minimum absolute atomic E-state index is 0.203. The molecular weight excluding hydrogens is 380 g/mol. The third-order valence-corrected chi connectivity index (χ3v) is 7.31. The van der Waals surface area contributed by atoms with Gasteiger partial charge in [-0.3, -0.25) is 4.90 Å². The number of benzene rings is 3. The Bertz CT molecular complexity index is 1060. The van der Waals surface area contributed by atoms with Crippen LogP contribution in [0.3, 0.4) is 0 Å². The van der Waals surface area contributed by atoms with Crippen molar-refractivity contribution in [3.8, 4) is 0 Å². The van der Waals surface area contributed by atoms with Crippen molar-refractivity contribution in [2.75, 3.05) is 13.2 Å². The molecule has 0 aliphatic carbocycles. The van der Waals surface area contributed by atoms with Gasteiger partial charge >= 0.3 is 0 Å². The molecule has 1 fully saturated rings. The molecule has 150 valence electrons. The van der Waals surface area contributed by atoms with Gasteiger partial charge < -0.3 is 0 Å². The molecule has 5 heteroatoms. The van der Waals surface area contributed by atoms with Crippen LogP contribution < -0.4 is 0 Å². The lowest BCUT2D eigenvalue weighted by atomic mass is 10.1. The lowest BCUT2D eigenvalue weighted by Crippen LogP contribution is -2.32. The minimum atomic E-state index is -3.60. The van der Waals surface area contributed by atoms with Crippen molar-refractivity contribution < 1.29 is 8.42 Å². The fourth-order valence-electron chi connectivity index (χ4n) is 3.79. The van der Waals surface area contributed by atoms with Crippen LogP contribution in [0.4, 0.5) is 0 Å². The van der Waals surface area contributed by atoms with E-state index in [0.29, 0.717) is 18.1 Å². The van der Waals surface area contributed by atoms with Gasteiger partial charge in [-0.25, -0.2) is 8.42 Å². The van der Waals surface area contributed by atoms with Crippen molar-refractivity contribution in [3.63, 3.8) is 0 Å². The Morgan fingerprint density at radius 1 is 0.828 bits per heavy atom. The summed E-state index contributed by atoms with van der Waals surface area (Å²) in [5.41, 5.74) is 4.43. The second kappa shape index (κ2) is 8.11. The topological polar surface area (TPSA) is 40.6 Å². The average molecular weight is 407 g/mol. The first-order valence-corrected chi connectivity index (χ1v) is 11.3. The Balaban J connectivity index is 1.67. The summed E-state index contributed by atoms with van der Waals surface area (Å²) >= 11 is 0. The third kappa shape index (κ3) is 4.27. The van der Waals surface area contributed by atoms with Gasteiger partial charge in [-0.1, -0.05) is 77.9 Å². The van der Waals surface area contributed by atoms with Crippen molar-refractivity contribution in [2.24, 2.45) is 0 Å². The largest absolute Gasteiger partial charge is 0.283 e. The fourth-order valence-corrected chi connectivity index (χ4v) is 5.38. The molecular formula is C24H26N2O2S.